The van der Waals surface area contributed by atoms with Crippen molar-refractivity contribution in [2.24, 2.45) is 7.05 Å². The number of hydrogen-bond donors (Lipinski definition) is 1. The van der Waals surface area contributed by atoms with E-state index in [4.69, 9.17) is 0 Å². The van der Waals surface area contributed by atoms with Gasteiger partial charge in [0.05, 0.1) is 5.56 Å². The Labute approximate surface area is 148 Å². The van der Waals surface area contributed by atoms with Crippen molar-refractivity contribution in [1.29, 1.82) is 5.26 Å². The predicted molar refractivity (Wildman–Crippen MR) is 97.7 cm³/mol. The van der Waals surface area contributed by atoms with Gasteiger partial charge in [0.2, 0.25) is 0 Å². The van der Waals surface area contributed by atoms with E-state index in [0.717, 1.165) is 11.3 Å². The minimum Gasteiger partial charge on any atom is -0.477 e. The standard InChI is InChI=1S/C21H24N2O2/c1-3-18-17(13-22)19(20(21(24)25)23(18)2)16-11-9-15(10-12-16)14-7-5-4-6-8-14/h9-12,14H,3-8H2,1-2H3,(H,24,25). The number of carbonyl (C=O) groups is 1. The quantitative estimate of drug-likeness (QED) is 0.866. The molecule has 1 heterocycles. The Hall–Kier alpha value is -2.54. The Bertz CT molecular complexity index is 819. The normalized spacial score (nSPS) is 15.1. The summed E-state index contributed by atoms with van der Waals surface area (Å²) in [5.41, 5.74) is 4.12. The first-order chi connectivity index (χ1) is 12.1. The number of aromatic nitrogens is 1. The maximum atomic E-state index is 11.8. The van der Waals surface area contributed by atoms with E-state index in [0.29, 0.717) is 23.5 Å². The second-order valence-corrected chi connectivity index (χ2v) is 6.83. The van der Waals surface area contributed by atoms with Crippen LogP contribution in [0.3, 0.4) is 0 Å². The van der Waals surface area contributed by atoms with Gasteiger partial charge in [-0.2, -0.15) is 5.26 Å². The van der Waals surface area contributed by atoms with Crippen molar-refractivity contribution in [1.82, 2.24) is 4.57 Å². The van der Waals surface area contributed by atoms with Crippen LogP contribution in [-0.2, 0) is 13.5 Å². The number of carboxylic acids is 1. The molecule has 4 nitrogen and oxygen atoms in total. The predicted octanol–water partition coefficient (Wildman–Crippen LogP) is 4.87. The molecule has 0 amide bonds. The molecule has 0 bridgehead atoms. The third kappa shape index (κ3) is 3.07. The van der Waals surface area contributed by atoms with Crippen molar-refractivity contribution in [3.8, 4) is 17.2 Å². The second-order valence-electron chi connectivity index (χ2n) is 6.83. The summed E-state index contributed by atoms with van der Waals surface area (Å²) in [4.78, 5) is 11.8. The fourth-order valence-electron chi connectivity index (χ4n) is 4.16. The van der Waals surface area contributed by atoms with E-state index in [1.165, 1.54) is 37.7 Å². The van der Waals surface area contributed by atoms with Crippen LogP contribution in [-0.4, -0.2) is 15.6 Å². The average molecular weight is 336 g/mol. The molecule has 130 valence electrons. The number of rotatable bonds is 4. The van der Waals surface area contributed by atoms with Crippen LogP contribution in [0.5, 0.6) is 0 Å². The molecule has 0 saturated heterocycles. The van der Waals surface area contributed by atoms with E-state index >= 15 is 0 Å². The van der Waals surface area contributed by atoms with Crippen LogP contribution in [0, 0.1) is 11.3 Å². The summed E-state index contributed by atoms with van der Waals surface area (Å²) in [6.07, 6.45) is 6.98. The fraction of sp³-hybridized carbons (Fsp3) is 0.429. The molecule has 0 aliphatic heterocycles. The zero-order valence-corrected chi connectivity index (χ0v) is 14.9. The number of nitrogens with zero attached hydrogens (tertiary/aromatic N) is 2. The molecule has 1 fully saturated rings. The summed E-state index contributed by atoms with van der Waals surface area (Å²) in [5, 5.41) is 19.3. The van der Waals surface area contributed by atoms with Crippen LogP contribution in [0.1, 0.15) is 72.3 Å². The maximum absolute atomic E-state index is 11.8. The van der Waals surface area contributed by atoms with Gasteiger partial charge in [0.15, 0.2) is 0 Å². The SMILES string of the molecule is CCc1c(C#N)c(-c2ccc(C3CCCCC3)cc2)c(C(=O)O)n1C. The zero-order valence-electron chi connectivity index (χ0n) is 14.9. The molecule has 0 unspecified atom stereocenters. The maximum Gasteiger partial charge on any atom is 0.353 e. The van der Waals surface area contributed by atoms with Crippen LogP contribution >= 0.6 is 0 Å². The second kappa shape index (κ2) is 7.14. The number of carboxylic acid groups (broad SMARTS) is 1. The molecule has 1 aromatic carbocycles. The van der Waals surface area contributed by atoms with E-state index in [9.17, 15) is 15.2 Å². The molecular weight excluding hydrogens is 312 g/mol. The lowest BCUT2D eigenvalue weighted by Gasteiger charge is -2.22. The molecule has 1 aromatic heterocycles. The smallest absolute Gasteiger partial charge is 0.353 e. The van der Waals surface area contributed by atoms with Gasteiger partial charge in [-0.15, -0.1) is 0 Å². The van der Waals surface area contributed by atoms with E-state index in [2.05, 4.69) is 18.2 Å². The average Bonchev–Trinajstić information content (AvgIpc) is 2.94. The van der Waals surface area contributed by atoms with Crippen molar-refractivity contribution in [2.75, 3.05) is 0 Å². The summed E-state index contributed by atoms with van der Waals surface area (Å²) in [6.45, 7) is 1.94. The first-order valence-corrected chi connectivity index (χ1v) is 9.03. The number of nitriles is 1. The van der Waals surface area contributed by atoms with Crippen molar-refractivity contribution in [2.45, 2.75) is 51.4 Å². The molecule has 1 N–H and O–H groups in total. The molecule has 3 rings (SSSR count). The first-order valence-electron chi connectivity index (χ1n) is 9.03. The van der Waals surface area contributed by atoms with Gasteiger partial charge in [0.25, 0.3) is 0 Å². The Kier molecular flexibility index (Phi) is 4.94. The number of benzene rings is 1. The summed E-state index contributed by atoms with van der Waals surface area (Å²) in [6, 6.07) is 10.4. The highest BCUT2D eigenvalue weighted by Crippen LogP contribution is 2.36. The highest BCUT2D eigenvalue weighted by molar-refractivity contribution is 5.97. The number of aromatic carboxylic acids is 1. The molecular formula is C21H24N2O2. The van der Waals surface area contributed by atoms with E-state index in [-0.39, 0.29) is 5.69 Å². The lowest BCUT2D eigenvalue weighted by atomic mass is 9.83. The Morgan fingerprint density at radius 3 is 2.40 bits per heavy atom. The highest BCUT2D eigenvalue weighted by Gasteiger charge is 2.25. The topological polar surface area (TPSA) is 66.0 Å². The van der Waals surface area contributed by atoms with Gasteiger partial charge in [-0.05, 0) is 36.3 Å². The van der Waals surface area contributed by atoms with E-state index < -0.39 is 5.97 Å². The fourth-order valence-corrected chi connectivity index (χ4v) is 4.16. The van der Waals surface area contributed by atoms with Gasteiger partial charge in [0, 0.05) is 18.3 Å². The highest BCUT2D eigenvalue weighted by atomic mass is 16.4. The van der Waals surface area contributed by atoms with Crippen LogP contribution < -0.4 is 0 Å². The molecule has 2 aromatic rings. The minimum atomic E-state index is -0.995. The number of hydrogen-bond acceptors (Lipinski definition) is 2. The van der Waals surface area contributed by atoms with Gasteiger partial charge in [0.1, 0.15) is 11.8 Å². The molecule has 0 spiro atoms. The van der Waals surface area contributed by atoms with E-state index in [1.807, 2.05) is 19.1 Å². The third-order valence-electron chi connectivity index (χ3n) is 5.44. The van der Waals surface area contributed by atoms with Crippen LogP contribution in [0.15, 0.2) is 24.3 Å². The Balaban J connectivity index is 2.07. The van der Waals surface area contributed by atoms with Gasteiger partial charge >= 0.3 is 5.97 Å². The molecule has 0 atom stereocenters. The molecule has 0 radical (unpaired) electrons. The summed E-state index contributed by atoms with van der Waals surface area (Å²) in [7, 11) is 1.73. The van der Waals surface area contributed by atoms with Crippen LogP contribution in [0.25, 0.3) is 11.1 Å². The van der Waals surface area contributed by atoms with Crippen molar-refractivity contribution >= 4 is 5.97 Å². The Morgan fingerprint density at radius 2 is 1.88 bits per heavy atom. The lowest BCUT2D eigenvalue weighted by Crippen LogP contribution is -2.08. The van der Waals surface area contributed by atoms with Gasteiger partial charge in [-0.3, -0.25) is 0 Å². The van der Waals surface area contributed by atoms with E-state index in [1.54, 1.807) is 11.6 Å². The largest absolute Gasteiger partial charge is 0.477 e. The Morgan fingerprint density at radius 1 is 1.24 bits per heavy atom. The summed E-state index contributed by atoms with van der Waals surface area (Å²) >= 11 is 0. The zero-order chi connectivity index (χ0) is 18.0. The lowest BCUT2D eigenvalue weighted by molar-refractivity contribution is 0.0687. The van der Waals surface area contributed by atoms with Gasteiger partial charge in [-0.25, -0.2) is 4.79 Å². The van der Waals surface area contributed by atoms with Crippen molar-refractivity contribution < 1.29 is 9.90 Å². The summed E-state index contributed by atoms with van der Waals surface area (Å²) in [5.74, 6) is -0.385. The first kappa shape index (κ1) is 17.3. The van der Waals surface area contributed by atoms with Crippen molar-refractivity contribution in [3.05, 3.63) is 46.8 Å². The van der Waals surface area contributed by atoms with Gasteiger partial charge in [-0.1, -0.05) is 50.5 Å². The van der Waals surface area contributed by atoms with Crippen LogP contribution in [0.4, 0.5) is 0 Å². The minimum absolute atomic E-state index is 0.193. The van der Waals surface area contributed by atoms with Crippen LogP contribution in [0.2, 0.25) is 0 Å². The molecule has 25 heavy (non-hydrogen) atoms. The molecule has 1 aliphatic carbocycles. The monoisotopic (exact) mass is 336 g/mol. The summed E-state index contributed by atoms with van der Waals surface area (Å²) < 4.78 is 1.64. The molecule has 1 aliphatic rings. The molecule has 4 heteroatoms. The molecule has 1 saturated carbocycles. The van der Waals surface area contributed by atoms with Gasteiger partial charge < -0.3 is 9.67 Å². The van der Waals surface area contributed by atoms with Crippen molar-refractivity contribution in [3.63, 3.8) is 0 Å². The third-order valence-corrected chi connectivity index (χ3v) is 5.44.